The van der Waals surface area contributed by atoms with E-state index in [4.69, 9.17) is 9.47 Å². The lowest BCUT2D eigenvalue weighted by molar-refractivity contribution is -0.001000. The molecule has 4 rings (SSSR count). The van der Waals surface area contributed by atoms with Gasteiger partial charge in [0.15, 0.2) is 0 Å². The first-order valence-corrected chi connectivity index (χ1v) is 14.8. The highest BCUT2D eigenvalue weighted by Gasteiger charge is 2.16. The van der Waals surface area contributed by atoms with Crippen LogP contribution in [0, 0.1) is 13.8 Å². The lowest BCUT2D eigenvalue weighted by Crippen LogP contribution is -3.00. The molecule has 0 unspecified atom stereocenters. The number of carbonyl (C=O) groups is 1. The molecule has 4 aromatic carbocycles. The number of aryl methyl sites for hydroxylation is 2. The number of benzene rings is 4. The number of hydrogen-bond acceptors (Lipinski definition) is 7. The zero-order valence-corrected chi connectivity index (χ0v) is 30.6. The molecule has 13 heteroatoms. The molecule has 2 amide bonds. The number of ether oxygens (including phenoxy) is 2. The van der Waals surface area contributed by atoms with Crippen LogP contribution in [0.4, 0.5) is 50.3 Å². The maximum atomic E-state index is 13.1. The van der Waals surface area contributed by atoms with Crippen LogP contribution in [0.5, 0.6) is 11.5 Å². The second kappa shape index (κ2) is 16.5. The van der Waals surface area contributed by atoms with E-state index in [1.807, 2.05) is 62.4 Å². The highest BCUT2D eigenvalue weighted by atomic mass is 35.5. The zero-order chi connectivity index (χ0) is 33.6. The smallest absolute Gasteiger partial charge is 0.323 e. The van der Waals surface area contributed by atoms with Gasteiger partial charge in [-0.2, -0.15) is 10.2 Å². The fourth-order valence-electron chi connectivity index (χ4n) is 4.54. The van der Waals surface area contributed by atoms with Crippen molar-refractivity contribution < 1.29 is 39.1 Å². The Morgan fingerprint density at radius 3 is 1.29 bits per heavy atom. The molecule has 0 heterocycles. The Hall–Kier alpha value is -4.55. The third kappa shape index (κ3) is 10.2. The van der Waals surface area contributed by atoms with Crippen molar-refractivity contribution >= 4 is 51.5 Å². The number of amides is 2. The largest absolute Gasteiger partial charge is 1.00 e. The van der Waals surface area contributed by atoms with Crippen LogP contribution in [-0.2, 0) is 0 Å². The van der Waals surface area contributed by atoms with Gasteiger partial charge >= 0.3 is 6.03 Å². The van der Waals surface area contributed by atoms with Gasteiger partial charge in [-0.3, -0.25) is 8.97 Å². The van der Waals surface area contributed by atoms with Gasteiger partial charge in [0.25, 0.3) is 0 Å². The zero-order valence-electron chi connectivity index (χ0n) is 29.1. The molecule has 0 bridgehead atoms. The third-order valence-electron chi connectivity index (χ3n) is 7.30. The number of azo groups is 2. The Morgan fingerprint density at radius 1 is 0.583 bits per heavy atom. The molecule has 0 fully saturated rings. The second-order valence-corrected chi connectivity index (χ2v) is 12.7. The third-order valence-corrected chi connectivity index (χ3v) is 7.30. The van der Waals surface area contributed by atoms with E-state index in [-0.39, 0.29) is 24.8 Å². The van der Waals surface area contributed by atoms with E-state index in [1.54, 1.807) is 26.4 Å². The molecule has 0 aromatic heterocycles. The molecule has 0 aliphatic carbocycles. The van der Waals surface area contributed by atoms with Crippen molar-refractivity contribution in [1.29, 1.82) is 0 Å². The van der Waals surface area contributed by atoms with Gasteiger partial charge in [0.1, 0.15) is 34.2 Å². The van der Waals surface area contributed by atoms with Crippen LogP contribution in [0.1, 0.15) is 11.1 Å². The van der Waals surface area contributed by atoms with Crippen LogP contribution in [0.3, 0.4) is 0 Å². The summed E-state index contributed by atoms with van der Waals surface area (Å²) in [5.41, 5.74) is 7.54. The number of nitrogens with one attached hydrogen (secondary N) is 2. The minimum absolute atomic E-state index is 0. The Kier molecular flexibility index (Phi) is 13.6. The lowest BCUT2D eigenvalue weighted by atomic mass is 10.1. The van der Waals surface area contributed by atoms with Gasteiger partial charge in [-0.25, -0.2) is 4.79 Å². The van der Waals surface area contributed by atoms with Crippen molar-refractivity contribution in [3.63, 3.8) is 0 Å². The van der Waals surface area contributed by atoms with E-state index in [0.717, 1.165) is 33.9 Å². The number of rotatable bonds is 10. The van der Waals surface area contributed by atoms with Crippen molar-refractivity contribution in [2.45, 2.75) is 13.8 Å². The summed E-state index contributed by atoms with van der Waals surface area (Å²) in [6.07, 6.45) is 0. The summed E-state index contributed by atoms with van der Waals surface area (Å²) in [4.78, 5) is 13.1. The molecule has 256 valence electrons. The molecule has 2 N–H and O–H groups in total. The number of halogens is 2. The lowest BCUT2D eigenvalue weighted by Gasteiger charge is -2.23. The van der Waals surface area contributed by atoms with E-state index < -0.39 is 6.03 Å². The molecule has 0 saturated heterocycles. The van der Waals surface area contributed by atoms with E-state index in [2.05, 4.69) is 85.5 Å². The average Bonchev–Trinajstić information content (AvgIpc) is 3.00. The van der Waals surface area contributed by atoms with Crippen molar-refractivity contribution in [3.05, 3.63) is 83.9 Å². The molecule has 0 aliphatic heterocycles. The molecule has 0 atom stereocenters. The highest BCUT2D eigenvalue weighted by molar-refractivity contribution is 6.01. The molecule has 11 nitrogen and oxygen atoms in total. The molecule has 0 aliphatic rings. The van der Waals surface area contributed by atoms with Gasteiger partial charge in [-0.1, -0.05) is 12.1 Å². The number of anilines is 2. The van der Waals surface area contributed by atoms with Gasteiger partial charge in [0.2, 0.25) is 0 Å². The van der Waals surface area contributed by atoms with E-state index in [1.165, 1.54) is 0 Å². The summed E-state index contributed by atoms with van der Waals surface area (Å²) < 4.78 is 12.5. The van der Waals surface area contributed by atoms with Crippen LogP contribution >= 0.6 is 0 Å². The predicted molar refractivity (Wildman–Crippen MR) is 188 cm³/mol. The van der Waals surface area contributed by atoms with Crippen molar-refractivity contribution in [2.75, 3.05) is 67.1 Å². The summed E-state index contributed by atoms with van der Waals surface area (Å²) in [5, 5.41) is 23.6. The molecule has 0 saturated carbocycles. The monoisotopic (exact) mass is 694 g/mol. The van der Waals surface area contributed by atoms with Crippen LogP contribution in [0.25, 0.3) is 0 Å². The minimum Gasteiger partial charge on any atom is -1.00 e. The highest BCUT2D eigenvalue weighted by Crippen LogP contribution is 2.37. The maximum absolute atomic E-state index is 13.1. The van der Waals surface area contributed by atoms with Gasteiger partial charge in [0.05, 0.1) is 67.9 Å². The van der Waals surface area contributed by atoms with Crippen LogP contribution in [-0.4, -0.2) is 62.5 Å². The number of quaternary nitrogens is 2. The van der Waals surface area contributed by atoms with Gasteiger partial charge in [-0.15, -0.1) is 10.2 Å². The molecule has 0 radical (unpaired) electrons. The Bertz CT molecular complexity index is 1670. The number of urea groups is 1. The average molecular weight is 696 g/mol. The molecular formula is C35H44Cl2N8O3. The first kappa shape index (κ1) is 39.6. The van der Waals surface area contributed by atoms with Crippen molar-refractivity contribution in [2.24, 2.45) is 20.5 Å². The van der Waals surface area contributed by atoms with E-state index in [0.29, 0.717) is 43.2 Å². The Morgan fingerprint density at radius 2 is 0.958 bits per heavy atom. The van der Waals surface area contributed by atoms with Crippen LogP contribution in [0.15, 0.2) is 93.3 Å². The Labute approximate surface area is 295 Å². The summed E-state index contributed by atoms with van der Waals surface area (Å²) in [6.45, 7) is 3.77. The summed E-state index contributed by atoms with van der Waals surface area (Å²) in [6, 6.07) is 22.5. The number of carbonyl (C=O) groups excluding carboxylic acids is 1. The normalized spacial score (nSPS) is 11.5. The molecule has 0 spiro atoms. The molecular weight excluding hydrogens is 651 g/mol. The predicted octanol–water partition coefficient (Wildman–Crippen LogP) is 3.20. The molecule has 4 aromatic rings. The first-order chi connectivity index (χ1) is 21.7. The number of hydrogen-bond donors (Lipinski definition) is 2. The van der Waals surface area contributed by atoms with Crippen molar-refractivity contribution in [3.8, 4) is 11.5 Å². The second-order valence-electron chi connectivity index (χ2n) is 12.7. The standard InChI is InChI=1S/C35H43N8O3.2ClH/c1-23-17-31(40-38-25-13-11-15-27(19-25)42(3,4)5)33(45-9)21-29(23)36-35(44)37-30-22-34(46-10)32(18-24(30)2)41-39-26-14-12-16-28(20-26)43(6,7)8;;/h11-22H,1-10H3,(H-,36,37,38,39,44);2*1H/q+1;;/p-1. The fraction of sp³-hybridized carbons (Fsp3) is 0.286. The summed E-state index contributed by atoms with van der Waals surface area (Å²) in [5.74, 6) is 0.957. The molecule has 48 heavy (non-hydrogen) atoms. The minimum atomic E-state index is -0.423. The Balaban J connectivity index is 0.00000400. The quantitative estimate of drug-likeness (QED) is 0.197. The van der Waals surface area contributed by atoms with Crippen LogP contribution < -0.4 is 53.9 Å². The van der Waals surface area contributed by atoms with E-state index >= 15 is 0 Å². The topological polar surface area (TPSA) is 109 Å². The maximum Gasteiger partial charge on any atom is 0.323 e. The van der Waals surface area contributed by atoms with Gasteiger partial charge < -0.3 is 44.9 Å². The fourth-order valence-corrected chi connectivity index (χ4v) is 4.54. The van der Waals surface area contributed by atoms with E-state index in [9.17, 15) is 4.79 Å². The summed E-state index contributed by atoms with van der Waals surface area (Å²) >= 11 is 0. The first-order valence-electron chi connectivity index (χ1n) is 14.8. The van der Waals surface area contributed by atoms with Crippen molar-refractivity contribution in [1.82, 2.24) is 8.97 Å². The van der Waals surface area contributed by atoms with Gasteiger partial charge in [-0.05, 0) is 61.4 Å². The number of methoxy groups -OCH3 is 2. The SMILES string of the molecule is COc1cc(NC(=O)Nc2cc(OC)c(N=Nc3cccc([N+](C)(C)C)c3)cc2C)c(C)cc1N=Nc1cccc([N+](C)(C)C)c1.[Cl-].[Cl-]. The number of nitrogens with zero attached hydrogens (tertiary/aromatic N) is 6. The summed E-state index contributed by atoms with van der Waals surface area (Å²) in [7, 11) is 15.7. The van der Waals surface area contributed by atoms with Gasteiger partial charge in [0, 0.05) is 35.6 Å². The van der Waals surface area contributed by atoms with Crippen LogP contribution in [0.2, 0.25) is 0 Å².